The molecule has 0 spiro atoms. The first-order chi connectivity index (χ1) is 7.63. The number of aromatic nitrogens is 2. The van der Waals surface area contributed by atoms with Gasteiger partial charge in [0.1, 0.15) is 0 Å². The van der Waals surface area contributed by atoms with Gasteiger partial charge in [-0.05, 0) is 6.42 Å². The Kier molecular flexibility index (Phi) is 4.65. The van der Waals surface area contributed by atoms with E-state index >= 15 is 0 Å². The van der Waals surface area contributed by atoms with E-state index < -0.39 is 11.8 Å². The summed E-state index contributed by atoms with van der Waals surface area (Å²) >= 11 is 1.14. The Morgan fingerprint density at radius 3 is 2.81 bits per heavy atom. The van der Waals surface area contributed by atoms with Crippen LogP contribution >= 0.6 is 11.3 Å². The molecule has 8 heteroatoms. The molecule has 1 aromatic heterocycles. The Morgan fingerprint density at radius 2 is 2.19 bits per heavy atom. The molecule has 0 bridgehead atoms. The van der Waals surface area contributed by atoms with Crippen LogP contribution in [0.4, 0.5) is 5.13 Å². The van der Waals surface area contributed by atoms with E-state index in [9.17, 15) is 9.59 Å². The summed E-state index contributed by atoms with van der Waals surface area (Å²) in [6.45, 7) is 2.60. The van der Waals surface area contributed by atoms with E-state index in [-0.39, 0.29) is 11.6 Å². The minimum atomic E-state index is -0.595. The van der Waals surface area contributed by atoms with E-state index in [0.717, 1.165) is 24.3 Å². The van der Waals surface area contributed by atoms with Crippen molar-refractivity contribution in [3.8, 4) is 0 Å². The number of nitrogens with zero attached hydrogens (tertiary/aromatic N) is 2. The maximum absolute atomic E-state index is 11.4. The second-order valence-corrected chi connectivity index (χ2v) is 3.97. The summed E-state index contributed by atoms with van der Waals surface area (Å²) in [5, 5.41) is 13.6. The minimum Gasteiger partial charge on any atom is -0.368 e. The predicted molar refractivity (Wildman–Crippen MR) is 60.2 cm³/mol. The third-order valence-corrected chi connectivity index (χ3v) is 2.45. The van der Waals surface area contributed by atoms with Crippen molar-refractivity contribution in [3.05, 3.63) is 5.01 Å². The molecule has 0 radical (unpaired) electrons. The highest BCUT2D eigenvalue weighted by atomic mass is 32.1. The van der Waals surface area contributed by atoms with E-state index in [1.807, 2.05) is 6.92 Å². The number of nitrogens with one attached hydrogen (secondary N) is 2. The van der Waals surface area contributed by atoms with Crippen LogP contribution in [-0.2, 0) is 4.79 Å². The lowest BCUT2D eigenvalue weighted by atomic mass is 10.5. The zero-order valence-electron chi connectivity index (χ0n) is 8.82. The Labute approximate surface area is 96.4 Å². The van der Waals surface area contributed by atoms with Crippen LogP contribution in [0.5, 0.6) is 0 Å². The van der Waals surface area contributed by atoms with Gasteiger partial charge in [0.05, 0.1) is 6.54 Å². The monoisotopic (exact) mass is 243 g/mol. The van der Waals surface area contributed by atoms with Crippen LogP contribution in [0.25, 0.3) is 0 Å². The number of anilines is 1. The number of carbonyl (C=O) groups excluding carboxylic acids is 2. The summed E-state index contributed by atoms with van der Waals surface area (Å²) in [7, 11) is 0. The van der Waals surface area contributed by atoms with Crippen molar-refractivity contribution in [2.24, 2.45) is 5.73 Å². The molecule has 0 fully saturated rings. The summed E-state index contributed by atoms with van der Waals surface area (Å²) in [4.78, 5) is 21.8. The normalized spacial score (nSPS) is 9.81. The number of primary amides is 1. The van der Waals surface area contributed by atoms with Gasteiger partial charge in [-0.2, -0.15) is 0 Å². The summed E-state index contributed by atoms with van der Waals surface area (Å²) in [6.07, 6.45) is 0.961. The largest absolute Gasteiger partial charge is 0.368 e. The topological polar surface area (TPSA) is 110 Å². The molecule has 1 rings (SSSR count). The SMILES string of the molecule is CCCNc1nnc(C(=O)NCC(N)=O)s1. The van der Waals surface area contributed by atoms with Gasteiger partial charge >= 0.3 is 0 Å². The summed E-state index contributed by atoms with van der Waals surface area (Å²) in [6, 6.07) is 0. The number of hydrogen-bond donors (Lipinski definition) is 3. The zero-order chi connectivity index (χ0) is 12.0. The van der Waals surface area contributed by atoms with Crippen LogP contribution < -0.4 is 16.4 Å². The van der Waals surface area contributed by atoms with Crippen LogP contribution in [0.1, 0.15) is 23.1 Å². The number of hydrogen-bond acceptors (Lipinski definition) is 6. The highest BCUT2D eigenvalue weighted by molar-refractivity contribution is 7.17. The Morgan fingerprint density at radius 1 is 1.44 bits per heavy atom. The van der Waals surface area contributed by atoms with E-state index in [4.69, 9.17) is 5.73 Å². The summed E-state index contributed by atoms with van der Waals surface area (Å²) < 4.78 is 0. The van der Waals surface area contributed by atoms with E-state index in [1.165, 1.54) is 0 Å². The van der Waals surface area contributed by atoms with Gasteiger partial charge in [0.2, 0.25) is 16.0 Å². The third-order valence-electron chi connectivity index (χ3n) is 1.57. The molecule has 7 nitrogen and oxygen atoms in total. The van der Waals surface area contributed by atoms with Crippen LogP contribution in [0, 0.1) is 0 Å². The van der Waals surface area contributed by atoms with Crippen molar-refractivity contribution in [1.82, 2.24) is 15.5 Å². The molecule has 0 unspecified atom stereocenters. The molecule has 88 valence electrons. The van der Waals surface area contributed by atoms with Crippen LogP contribution in [0.15, 0.2) is 0 Å². The lowest BCUT2D eigenvalue weighted by Gasteiger charge is -1.97. The highest BCUT2D eigenvalue weighted by Gasteiger charge is 2.12. The molecule has 0 saturated carbocycles. The Bertz CT molecular complexity index is 378. The lowest BCUT2D eigenvalue weighted by Crippen LogP contribution is -2.33. The van der Waals surface area contributed by atoms with Crippen molar-refractivity contribution >= 4 is 28.3 Å². The van der Waals surface area contributed by atoms with Gasteiger partial charge in [-0.15, -0.1) is 10.2 Å². The molecular formula is C8H13N5O2S. The zero-order valence-corrected chi connectivity index (χ0v) is 9.63. The number of amides is 2. The molecule has 16 heavy (non-hydrogen) atoms. The van der Waals surface area contributed by atoms with Gasteiger partial charge in [0, 0.05) is 6.54 Å². The first-order valence-electron chi connectivity index (χ1n) is 4.77. The molecule has 1 aromatic rings. The average molecular weight is 243 g/mol. The lowest BCUT2D eigenvalue weighted by molar-refractivity contribution is -0.117. The molecule has 0 aliphatic carbocycles. The van der Waals surface area contributed by atoms with Crippen molar-refractivity contribution in [2.75, 3.05) is 18.4 Å². The van der Waals surface area contributed by atoms with E-state index in [0.29, 0.717) is 5.13 Å². The first-order valence-corrected chi connectivity index (χ1v) is 5.59. The Balaban J connectivity index is 2.49. The van der Waals surface area contributed by atoms with Gasteiger partial charge in [-0.1, -0.05) is 18.3 Å². The maximum atomic E-state index is 11.4. The summed E-state index contributed by atoms with van der Waals surface area (Å²) in [5.41, 5.74) is 4.89. The fourth-order valence-corrected chi connectivity index (χ4v) is 1.55. The smallest absolute Gasteiger partial charge is 0.282 e. The molecule has 0 aliphatic heterocycles. The van der Waals surface area contributed by atoms with Gasteiger partial charge in [-0.25, -0.2) is 0 Å². The van der Waals surface area contributed by atoms with Gasteiger partial charge in [-0.3, -0.25) is 9.59 Å². The fourth-order valence-electron chi connectivity index (χ4n) is 0.861. The maximum Gasteiger partial charge on any atom is 0.282 e. The molecule has 2 amide bonds. The van der Waals surface area contributed by atoms with Crippen molar-refractivity contribution < 1.29 is 9.59 Å². The van der Waals surface area contributed by atoms with Crippen molar-refractivity contribution in [3.63, 3.8) is 0 Å². The number of rotatable bonds is 6. The van der Waals surface area contributed by atoms with Crippen molar-refractivity contribution in [1.29, 1.82) is 0 Å². The highest BCUT2D eigenvalue weighted by Crippen LogP contribution is 2.14. The first kappa shape index (κ1) is 12.4. The van der Waals surface area contributed by atoms with E-state index in [2.05, 4.69) is 20.8 Å². The molecule has 0 aromatic carbocycles. The standard InChI is InChI=1S/C8H13N5O2S/c1-2-3-10-8-13-12-7(16-8)6(15)11-4-5(9)14/h2-4H2,1H3,(H2,9,14)(H,10,13)(H,11,15). The molecule has 0 atom stereocenters. The second-order valence-electron chi connectivity index (χ2n) is 2.99. The predicted octanol–water partition coefficient (Wildman–Crippen LogP) is -0.425. The van der Waals surface area contributed by atoms with Gasteiger partial charge in [0.15, 0.2) is 0 Å². The molecule has 0 aliphatic rings. The minimum absolute atomic E-state index is 0.198. The average Bonchev–Trinajstić information content (AvgIpc) is 2.71. The molecule has 4 N–H and O–H groups in total. The second kappa shape index (κ2) is 6.01. The third kappa shape index (κ3) is 3.81. The number of carbonyl (C=O) groups is 2. The quantitative estimate of drug-likeness (QED) is 0.628. The molecule has 0 saturated heterocycles. The number of nitrogens with two attached hydrogens (primary N) is 1. The van der Waals surface area contributed by atoms with Gasteiger partial charge in [0.25, 0.3) is 5.91 Å². The summed E-state index contributed by atoms with van der Waals surface area (Å²) in [5.74, 6) is -1.04. The van der Waals surface area contributed by atoms with Crippen LogP contribution in [0.3, 0.4) is 0 Å². The fraction of sp³-hybridized carbons (Fsp3) is 0.500. The molecular weight excluding hydrogens is 230 g/mol. The van der Waals surface area contributed by atoms with Crippen LogP contribution in [0.2, 0.25) is 0 Å². The van der Waals surface area contributed by atoms with Crippen LogP contribution in [-0.4, -0.2) is 35.1 Å². The Hall–Kier alpha value is -1.70. The van der Waals surface area contributed by atoms with Gasteiger partial charge < -0.3 is 16.4 Å². The molecule has 1 heterocycles. The van der Waals surface area contributed by atoms with Crippen molar-refractivity contribution in [2.45, 2.75) is 13.3 Å². The van der Waals surface area contributed by atoms with E-state index in [1.54, 1.807) is 0 Å².